The highest BCUT2D eigenvalue weighted by atomic mass is 35.5. The highest BCUT2D eigenvalue weighted by molar-refractivity contribution is 7.13. The molecular formula is C20H28ClN3O2S. The molecule has 2 unspecified atom stereocenters. The average Bonchev–Trinajstić information content (AvgIpc) is 3.11. The molecule has 1 aromatic carbocycles. The third kappa shape index (κ3) is 4.19. The van der Waals surface area contributed by atoms with Gasteiger partial charge in [-0.1, -0.05) is 44.2 Å². The fourth-order valence-corrected chi connectivity index (χ4v) is 4.28. The predicted octanol–water partition coefficient (Wildman–Crippen LogP) is 3.42. The predicted molar refractivity (Wildman–Crippen MR) is 112 cm³/mol. The molecular weight excluding hydrogens is 382 g/mol. The lowest BCUT2D eigenvalue weighted by molar-refractivity contribution is -0.170. The monoisotopic (exact) mass is 409 g/mol. The lowest BCUT2D eigenvalue weighted by atomic mass is 9.54. The van der Waals surface area contributed by atoms with E-state index in [1.54, 1.807) is 11.3 Å². The Bertz CT molecular complexity index is 766. The number of nitrogens with one attached hydrogen (secondary N) is 1. The minimum absolute atomic E-state index is 0. The topological polar surface area (TPSA) is 77.2 Å². The van der Waals surface area contributed by atoms with Gasteiger partial charge in [0, 0.05) is 42.4 Å². The third-order valence-corrected chi connectivity index (χ3v) is 6.41. The zero-order chi connectivity index (χ0) is 18.8. The molecule has 5 nitrogen and oxygen atoms in total. The van der Waals surface area contributed by atoms with E-state index >= 15 is 0 Å². The number of aromatic nitrogens is 1. The molecule has 2 atom stereocenters. The van der Waals surface area contributed by atoms with E-state index in [0.717, 1.165) is 16.3 Å². The Hall–Kier alpha value is -1.47. The summed E-state index contributed by atoms with van der Waals surface area (Å²) in [4.78, 5) is 17.3. The van der Waals surface area contributed by atoms with Gasteiger partial charge in [-0.15, -0.1) is 23.7 Å². The first-order valence-electron chi connectivity index (χ1n) is 9.07. The zero-order valence-electron chi connectivity index (χ0n) is 16.0. The summed E-state index contributed by atoms with van der Waals surface area (Å²) in [5.41, 5.74) is 7.26. The molecule has 7 heteroatoms. The number of carbonyl (C=O) groups excluding carboxylic acids is 1. The Balaban J connectivity index is 0.00000261. The minimum atomic E-state index is -0.871. The summed E-state index contributed by atoms with van der Waals surface area (Å²) in [6, 6.07) is 10.1. The Morgan fingerprint density at radius 3 is 2.70 bits per heavy atom. The van der Waals surface area contributed by atoms with Crippen LogP contribution in [0.25, 0.3) is 10.6 Å². The van der Waals surface area contributed by atoms with Crippen molar-refractivity contribution in [1.29, 1.82) is 0 Å². The molecule has 0 aliphatic heterocycles. The van der Waals surface area contributed by atoms with Crippen LogP contribution in [0.2, 0.25) is 0 Å². The van der Waals surface area contributed by atoms with Gasteiger partial charge in [-0.25, -0.2) is 4.98 Å². The Morgan fingerprint density at radius 2 is 2.07 bits per heavy atom. The second kappa shape index (κ2) is 8.69. The van der Waals surface area contributed by atoms with Crippen LogP contribution >= 0.6 is 23.7 Å². The average molecular weight is 410 g/mol. The lowest BCUT2D eigenvalue weighted by Crippen LogP contribution is -2.75. The Kier molecular flexibility index (Phi) is 7.03. The van der Waals surface area contributed by atoms with E-state index in [-0.39, 0.29) is 29.8 Å². The Morgan fingerprint density at radius 1 is 1.37 bits per heavy atom. The summed E-state index contributed by atoms with van der Waals surface area (Å²) in [5, 5.41) is 6.03. The van der Waals surface area contributed by atoms with E-state index in [1.165, 1.54) is 0 Å². The highest BCUT2D eigenvalue weighted by Crippen LogP contribution is 2.49. The van der Waals surface area contributed by atoms with Crippen LogP contribution in [-0.2, 0) is 16.0 Å². The number of hydrogen-bond acceptors (Lipinski definition) is 5. The quantitative estimate of drug-likeness (QED) is 0.734. The highest BCUT2D eigenvalue weighted by Gasteiger charge is 2.62. The minimum Gasteiger partial charge on any atom is -0.378 e. The first kappa shape index (κ1) is 21.8. The maximum atomic E-state index is 12.6. The van der Waals surface area contributed by atoms with Crippen molar-refractivity contribution >= 4 is 29.7 Å². The van der Waals surface area contributed by atoms with E-state index < -0.39 is 5.54 Å². The number of amides is 1. The molecule has 27 heavy (non-hydrogen) atoms. The molecule has 0 radical (unpaired) electrons. The van der Waals surface area contributed by atoms with Crippen molar-refractivity contribution in [3.8, 4) is 10.6 Å². The molecule has 2 aromatic rings. The SMILES string of the molecule is CCOC1CC(N)(C(=O)NCCc2csc(-c3ccccc3)n2)C1(C)C.Cl. The van der Waals surface area contributed by atoms with Crippen LogP contribution in [-0.4, -0.2) is 35.7 Å². The lowest BCUT2D eigenvalue weighted by Gasteiger charge is -2.57. The van der Waals surface area contributed by atoms with Gasteiger partial charge in [0.2, 0.25) is 5.91 Å². The molecule has 0 bridgehead atoms. The van der Waals surface area contributed by atoms with E-state index in [1.807, 2.05) is 44.4 Å². The normalized spacial score (nSPS) is 23.2. The third-order valence-electron chi connectivity index (χ3n) is 5.47. The van der Waals surface area contributed by atoms with Gasteiger partial charge in [0.1, 0.15) is 10.5 Å². The van der Waals surface area contributed by atoms with Gasteiger partial charge >= 0.3 is 0 Å². The van der Waals surface area contributed by atoms with Gasteiger partial charge in [0.25, 0.3) is 0 Å². The van der Waals surface area contributed by atoms with E-state index in [9.17, 15) is 4.79 Å². The van der Waals surface area contributed by atoms with Crippen molar-refractivity contribution in [1.82, 2.24) is 10.3 Å². The van der Waals surface area contributed by atoms with E-state index in [2.05, 4.69) is 22.4 Å². The largest absolute Gasteiger partial charge is 0.378 e. The summed E-state index contributed by atoms with van der Waals surface area (Å²) >= 11 is 1.62. The van der Waals surface area contributed by atoms with Gasteiger partial charge in [-0.3, -0.25) is 4.79 Å². The molecule has 1 aromatic heterocycles. The molecule has 1 amide bonds. The molecule has 1 heterocycles. The van der Waals surface area contributed by atoms with Gasteiger partial charge in [-0.05, 0) is 6.92 Å². The van der Waals surface area contributed by atoms with Crippen LogP contribution < -0.4 is 11.1 Å². The van der Waals surface area contributed by atoms with Crippen molar-refractivity contribution < 1.29 is 9.53 Å². The standard InChI is InChI=1S/C20H27N3O2S.ClH/c1-4-25-16-12-20(21,19(16,2)3)18(24)22-11-10-15-13-26-17(23-15)14-8-6-5-7-9-14;/h5-9,13,16H,4,10-12,21H2,1-3H3,(H,22,24);1H. The fourth-order valence-electron chi connectivity index (χ4n) is 3.42. The maximum Gasteiger partial charge on any atom is 0.240 e. The number of thiazole rings is 1. The number of nitrogens with two attached hydrogens (primary N) is 1. The van der Waals surface area contributed by atoms with Gasteiger partial charge in [-0.2, -0.15) is 0 Å². The zero-order valence-corrected chi connectivity index (χ0v) is 17.7. The van der Waals surface area contributed by atoms with Crippen LogP contribution in [0.3, 0.4) is 0 Å². The van der Waals surface area contributed by atoms with Crippen LogP contribution in [0.5, 0.6) is 0 Å². The summed E-state index contributed by atoms with van der Waals surface area (Å²) in [6.45, 7) is 7.14. The van der Waals surface area contributed by atoms with Gasteiger partial charge in [0.15, 0.2) is 0 Å². The van der Waals surface area contributed by atoms with Crippen molar-refractivity contribution in [2.24, 2.45) is 11.1 Å². The number of benzene rings is 1. The summed E-state index contributed by atoms with van der Waals surface area (Å²) in [6.07, 6.45) is 1.30. The van der Waals surface area contributed by atoms with Crippen molar-refractivity contribution in [2.75, 3.05) is 13.2 Å². The first-order chi connectivity index (χ1) is 12.4. The second-order valence-electron chi connectivity index (χ2n) is 7.36. The fraction of sp³-hybridized carbons (Fsp3) is 0.500. The molecule has 0 spiro atoms. The first-order valence-corrected chi connectivity index (χ1v) is 9.95. The van der Waals surface area contributed by atoms with E-state index in [4.69, 9.17) is 10.5 Å². The van der Waals surface area contributed by atoms with E-state index in [0.29, 0.717) is 26.0 Å². The Labute approximate surface area is 171 Å². The van der Waals surface area contributed by atoms with Crippen molar-refractivity contribution in [2.45, 2.75) is 45.3 Å². The number of ether oxygens (including phenoxy) is 1. The smallest absolute Gasteiger partial charge is 0.240 e. The molecule has 3 N–H and O–H groups in total. The molecule has 0 saturated heterocycles. The van der Waals surface area contributed by atoms with Crippen LogP contribution in [0.4, 0.5) is 0 Å². The van der Waals surface area contributed by atoms with Gasteiger partial charge < -0.3 is 15.8 Å². The van der Waals surface area contributed by atoms with Gasteiger partial charge in [0.05, 0.1) is 11.8 Å². The van der Waals surface area contributed by atoms with Crippen LogP contribution in [0.1, 0.15) is 32.9 Å². The molecule has 1 aliphatic rings. The van der Waals surface area contributed by atoms with Crippen molar-refractivity contribution in [3.63, 3.8) is 0 Å². The molecule has 1 aliphatic carbocycles. The summed E-state index contributed by atoms with van der Waals surface area (Å²) < 4.78 is 5.69. The summed E-state index contributed by atoms with van der Waals surface area (Å²) in [5.74, 6) is -0.100. The molecule has 148 valence electrons. The number of halogens is 1. The molecule has 1 saturated carbocycles. The number of carbonyl (C=O) groups is 1. The summed E-state index contributed by atoms with van der Waals surface area (Å²) in [7, 11) is 0. The second-order valence-corrected chi connectivity index (χ2v) is 8.22. The van der Waals surface area contributed by atoms with Crippen molar-refractivity contribution in [3.05, 3.63) is 41.4 Å². The number of nitrogens with zero attached hydrogens (tertiary/aromatic N) is 1. The molecule has 3 rings (SSSR count). The maximum absolute atomic E-state index is 12.6. The molecule has 1 fully saturated rings. The number of hydrogen-bond donors (Lipinski definition) is 2. The number of rotatable bonds is 7. The van der Waals surface area contributed by atoms with Crippen LogP contribution in [0.15, 0.2) is 35.7 Å². The van der Waals surface area contributed by atoms with Crippen LogP contribution in [0, 0.1) is 5.41 Å².